The lowest BCUT2D eigenvalue weighted by Gasteiger charge is -2.16. The molecule has 0 N–H and O–H groups in total. The second kappa shape index (κ2) is 6.66. The molecule has 3 nitrogen and oxygen atoms in total. The number of aldehydes is 1. The number of hydrogen-bond acceptors (Lipinski definition) is 4. The summed E-state index contributed by atoms with van der Waals surface area (Å²) < 4.78 is 0. The molecule has 0 saturated heterocycles. The highest BCUT2D eigenvalue weighted by Crippen LogP contribution is 2.30. The maximum absolute atomic E-state index is 11.1. The largest absolute Gasteiger partial charge is 0.321 e. The molecule has 0 aliphatic heterocycles. The smallest absolute Gasteiger partial charge is 0.190 e. The minimum atomic E-state index is 0.749. The highest BCUT2D eigenvalue weighted by atomic mass is 32.1. The van der Waals surface area contributed by atoms with Crippen LogP contribution in [0.2, 0.25) is 0 Å². The molecule has 1 aromatic carbocycles. The van der Waals surface area contributed by atoms with Gasteiger partial charge < -0.3 is 4.90 Å². The number of rotatable bonds is 6. The van der Waals surface area contributed by atoms with Crippen LogP contribution < -0.4 is 4.90 Å². The summed E-state index contributed by atoms with van der Waals surface area (Å²) in [4.78, 5) is 18.5. The normalized spacial score (nSPS) is 10.6. The number of carbonyl (C=O) groups is 1. The third kappa shape index (κ3) is 3.07. The first-order valence-corrected chi connectivity index (χ1v) is 7.78. The fourth-order valence-corrected chi connectivity index (χ4v) is 2.98. The maximum Gasteiger partial charge on any atom is 0.190 e. The van der Waals surface area contributed by atoms with E-state index in [0.717, 1.165) is 46.9 Å². The Hall–Kier alpha value is -1.68. The van der Waals surface area contributed by atoms with Crippen molar-refractivity contribution in [3.05, 3.63) is 40.4 Å². The summed E-state index contributed by atoms with van der Waals surface area (Å²) in [5.74, 6) is 0. The zero-order valence-corrected chi connectivity index (χ0v) is 13.0. The van der Waals surface area contributed by atoms with Gasteiger partial charge in [-0.25, -0.2) is 4.98 Å². The van der Waals surface area contributed by atoms with E-state index in [2.05, 4.69) is 43.1 Å². The van der Waals surface area contributed by atoms with Gasteiger partial charge in [0.05, 0.1) is 10.6 Å². The van der Waals surface area contributed by atoms with Crippen molar-refractivity contribution in [2.45, 2.75) is 33.1 Å². The summed E-state index contributed by atoms with van der Waals surface area (Å²) in [5, 5.41) is 0.875. The summed E-state index contributed by atoms with van der Waals surface area (Å²) in [6.07, 6.45) is 3.81. The first-order chi connectivity index (χ1) is 9.69. The van der Waals surface area contributed by atoms with Crippen LogP contribution in [0.5, 0.6) is 0 Å². The predicted molar refractivity (Wildman–Crippen MR) is 85.4 cm³/mol. The maximum atomic E-state index is 11.1. The van der Waals surface area contributed by atoms with Crippen molar-refractivity contribution in [1.29, 1.82) is 0 Å². The average Bonchev–Trinajstić information content (AvgIpc) is 2.90. The van der Waals surface area contributed by atoms with Gasteiger partial charge in [-0.15, -0.1) is 0 Å². The van der Waals surface area contributed by atoms with Gasteiger partial charge in [0.2, 0.25) is 0 Å². The van der Waals surface area contributed by atoms with Crippen LogP contribution in [-0.4, -0.2) is 18.3 Å². The topological polar surface area (TPSA) is 33.2 Å². The standard InChI is InChI=1S/C16H20N2OS/c1-4-6-14-15(11-19)20-16(17-14)18(3)13-9-7-12(5-2)8-10-13/h7-11H,4-6H2,1-3H3. The number of nitrogens with zero attached hydrogens (tertiary/aromatic N) is 2. The Labute approximate surface area is 124 Å². The molecule has 0 bridgehead atoms. The molecule has 0 radical (unpaired) electrons. The molecule has 0 unspecified atom stereocenters. The van der Waals surface area contributed by atoms with E-state index in [1.165, 1.54) is 16.9 Å². The molecule has 0 amide bonds. The zero-order chi connectivity index (χ0) is 14.5. The van der Waals surface area contributed by atoms with Crippen LogP contribution in [0, 0.1) is 0 Å². The van der Waals surface area contributed by atoms with Crippen LogP contribution in [0.4, 0.5) is 10.8 Å². The molecule has 106 valence electrons. The van der Waals surface area contributed by atoms with Gasteiger partial charge in [-0.05, 0) is 30.5 Å². The third-order valence-electron chi connectivity index (χ3n) is 3.33. The summed E-state index contributed by atoms with van der Waals surface area (Å²) in [6, 6.07) is 8.46. The quantitative estimate of drug-likeness (QED) is 0.745. The number of hydrogen-bond donors (Lipinski definition) is 0. The summed E-state index contributed by atoms with van der Waals surface area (Å²) in [7, 11) is 1.99. The highest BCUT2D eigenvalue weighted by molar-refractivity contribution is 7.17. The Morgan fingerprint density at radius 2 is 1.95 bits per heavy atom. The molecule has 0 aliphatic carbocycles. The molecule has 0 atom stereocenters. The molecular formula is C16H20N2OS. The molecule has 0 fully saturated rings. The molecule has 2 aromatic rings. The lowest BCUT2D eigenvalue weighted by molar-refractivity contribution is 0.112. The SMILES string of the molecule is CCCc1nc(N(C)c2ccc(CC)cc2)sc1C=O. The van der Waals surface area contributed by atoms with Gasteiger partial charge >= 0.3 is 0 Å². The van der Waals surface area contributed by atoms with E-state index in [-0.39, 0.29) is 0 Å². The van der Waals surface area contributed by atoms with Gasteiger partial charge in [0.25, 0.3) is 0 Å². The van der Waals surface area contributed by atoms with Crippen LogP contribution in [0.1, 0.15) is 41.2 Å². The molecule has 0 spiro atoms. The third-order valence-corrected chi connectivity index (χ3v) is 4.43. The van der Waals surface area contributed by atoms with Crippen LogP contribution in [-0.2, 0) is 12.8 Å². The van der Waals surface area contributed by atoms with Crippen LogP contribution >= 0.6 is 11.3 Å². The summed E-state index contributed by atoms with van der Waals surface area (Å²) in [6.45, 7) is 4.24. The highest BCUT2D eigenvalue weighted by Gasteiger charge is 2.14. The molecule has 0 aliphatic rings. The van der Waals surface area contributed by atoms with Crippen molar-refractivity contribution < 1.29 is 4.79 Å². The summed E-state index contributed by atoms with van der Waals surface area (Å²) >= 11 is 1.46. The van der Waals surface area contributed by atoms with E-state index in [1.807, 2.05) is 11.9 Å². The van der Waals surface area contributed by atoms with Gasteiger partial charge in [0, 0.05) is 12.7 Å². The van der Waals surface area contributed by atoms with Crippen molar-refractivity contribution in [1.82, 2.24) is 4.98 Å². The molecule has 0 saturated carbocycles. The van der Waals surface area contributed by atoms with E-state index < -0.39 is 0 Å². The van der Waals surface area contributed by atoms with Crippen molar-refractivity contribution in [2.24, 2.45) is 0 Å². The Balaban J connectivity index is 2.27. The van der Waals surface area contributed by atoms with E-state index >= 15 is 0 Å². The number of carbonyl (C=O) groups excluding carboxylic acids is 1. The lowest BCUT2D eigenvalue weighted by atomic mass is 10.1. The number of anilines is 2. The molecule has 1 heterocycles. The van der Waals surface area contributed by atoms with Crippen LogP contribution in [0.15, 0.2) is 24.3 Å². The van der Waals surface area contributed by atoms with Crippen molar-refractivity contribution in [3.8, 4) is 0 Å². The first kappa shape index (κ1) is 14.7. The van der Waals surface area contributed by atoms with Gasteiger partial charge in [0.15, 0.2) is 11.4 Å². The Morgan fingerprint density at radius 1 is 1.25 bits per heavy atom. The number of aromatic nitrogens is 1. The van der Waals surface area contributed by atoms with E-state index in [9.17, 15) is 4.79 Å². The second-order valence-corrected chi connectivity index (χ2v) is 5.76. The van der Waals surface area contributed by atoms with E-state index in [1.54, 1.807) is 0 Å². The molecular weight excluding hydrogens is 268 g/mol. The monoisotopic (exact) mass is 288 g/mol. The molecule has 2 rings (SSSR count). The molecule has 4 heteroatoms. The fourth-order valence-electron chi connectivity index (χ4n) is 2.07. The van der Waals surface area contributed by atoms with Crippen molar-refractivity contribution >= 4 is 28.4 Å². The minimum Gasteiger partial charge on any atom is -0.321 e. The second-order valence-electron chi connectivity index (χ2n) is 4.75. The van der Waals surface area contributed by atoms with E-state index in [4.69, 9.17) is 0 Å². The lowest BCUT2D eigenvalue weighted by Crippen LogP contribution is -2.09. The average molecular weight is 288 g/mol. The van der Waals surface area contributed by atoms with Gasteiger partial charge in [-0.1, -0.05) is 43.7 Å². The number of aryl methyl sites for hydroxylation is 2. The minimum absolute atomic E-state index is 0.749. The van der Waals surface area contributed by atoms with Crippen LogP contribution in [0.25, 0.3) is 0 Å². The summed E-state index contributed by atoms with van der Waals surface area (Å²) in [5.41, 5.74) is 3.33. The van der Waals surface area contributed by atoms with Crippen molar-refractivity contribution in [3.63, 3.8) is 0 Å². The van der Waals surface area contributed by atoms with Crippen LogP contribution in [0.3, 0.4) is 0 Å². The van der Waals surface area contributed by atoms with Gasteiger partial charge in [0.1, 0.15) is 0 Å². The van der Waals surface area contributed by atoms with E-state index in [0.29, 0.717) is 0 Å². The Morgan fingerprint density at radius 3 is 2.50 bits per heavy atom. The number of benzene rings is 1. The van der Waals surface area contributed by atoms with Crippen molar-refractivity contribution in [2.75, 3.05) is 11.9 Å². The Kier molecular flexibility index (Phi) is 4.90. The first-order valence-electron chi connectivity index (χ1n) is 6.97. The molecule has 1 aromatic heterocycles. The zero-order valence-electron chi connectivity index (χ0n) is 12.2. The van der Waals surface area contributed by atoms with Gasteiger partial charge in [-0.3, -0.25) is 4.79 Å². The Bertz CT molecular complexity index is 575. The number of thiazole rings is 1. The van der Waals surface area contributed by atoms with Gasteiger partial charge in [-0.2, -0.15) is 0 Å². The predicted octanol–water partition coefficient (Wildman–Crippen LogP) is 4.24. The fraction of sp³-hybridized carbons (Fsp3) is 0.375. The molecule has 20 heavy (non-hydrogen) atoms.